The number of carbonyl (C=O) groups is 1. The van der Waals surface area contributed by atoms with Crippen LogP contribution in [0.3, 0.4) is 0 Å². The molecule has 0 saturated carbocycles. The maximum atomic E-state index is 9.34. The maximum Gasteiger partial charge on any atom is 0.0905 e. The second-order valence-electron chi connectivity index (χ2n) is 0.995. The summed E-state index contributed by atoms with van der Waals surface area (Å²) in [7, 11) is 0. The summed E-state index contributed by atoms with van der Waals surface area (Å²) in [6, 6.07) is 0. The van der Waals surface area contributed by atoms with E-state index < -0.39 is 12.1 Å². The molecular formula is C3H9O7Ti-5. The van der Waals surface area contributed by atoms with Crippen LogP contribution in [0, 0.1) is 0 Å². The first-order chi connectivity index (χ1) is 2.64. The van der Waals surface area contributed by atoms with E-state index in [-0.39, 0.29) is 43.6 Å². The minimum absolute atomic E-state index is 0. The van der Waals surface area contributed by atoms with Gasteiger partial charge >= 0.3 is 0 Å². The fourth-order valence-corrected chi connectivity index (χ4v) is 0. The number of carboxylic acids is 1. The van der Waals surface area contributed by atoms with Crippen LogP contribution in [-0.2, 0) is 26.5 Å². The summed E-state index contributed by atoms with van der Waals surface area (Å²) in [4.78, 5) is 9.34. The molecule has 0 saturated heterocycles. The van der Waals surface area contributed by atoms with Crippen molar-refractivity contribution in [3.63, 3.8) is 0 Å². The Morgan fingerprint density at radius 2 is 1.36 bits per heavy atom. The largest absolute Gasteiger partial charge is 0.870 e. The van der Waals surface area contributed by atoms with Crippen molar-refractivity contribution in [2.24, 2.45) is 0 Å². The second-order valence-corrected chi connectivity index (χ2v) is 0.995. The summed E-state index contributed by atoms with van der Waals surface area (Å²) in [5.74, 6) is -1.44. The van der Waals surface area contributed by atoms with Crippen molar-refractivity contribution in [2.45, 2.75) is 13.0 Å². The Bertz CT molecular complexity index is 64.7. The molecule has 0 aliphatic carbocycles. The van der Waals surface area contributed by atoms with Crippen molar-refractivity contribution >= 4 is 5.97 Å². The summed E-state index contributed by atoms with van der Waals surface area (Å²) in [5, 5.41) is 17.3. The van der Waals surface area contributed by atoms with Crippen LogP contribution in [0.1, 0.15) is 6.92 Å². The van der Waals surface area contributed by atoms with Crippen LogP contribution in [0.15, 0.2) is 0 Å². The molecule has 0 bridgehead atoms. The van der Waals surface area contributed by atoms with Crippen LogP contribution in [0.4, 0.5) is 0 Å². The van der Waals surface area contributed by atoms with Gasteiger partial charge in [-0.2, -0.15) is 0 Å². The van der Waals surface area contributed by atoms with E-state index in [1.807, 2.05) is 0 Å². The topological polar surface area (TPSA) is 180 Å². The summed E-state index contributed by atoms with van der Waals surface area (Å²) < 4.78 is 0. The third-order valence-electron chi connectivity index (χ3n) is 0.341. The zero-order valence-corrected chi connectivity index (χ0v) is 7.19. The summed E-state index contributed by atoms with van der Waals surface area (Å²) in [6.07, 6.45) is -1.34. The Balaban J connectivity index is -0.0000000125. The normalized spacial score (nSPS) is 7.45. The standard InChI is InChI=1S/C3H6O3.4H2O.Ti/c1-2(4)3(5)6;;;;;/h2,4H,1H3,(H,5,6);4*1H2;/p-5. The third kappa shape index (κ3) is 40.1. The molecule has 1 atom stereocenters. The molecule has 0 radical (unpaired) electrons. The van der Waals surface area contributed by atoms with Crippen molar-refractivity contribution < 1.29 is 58.6 Å². The molecule has 0 aliphatic heterocycles. The van der Waals surface area contributed by atoms with Crippen LogP contribution in [0.5, 0.6) is 0 Å². The number of carbonyl (C=O) groups excluding carboxylic acids is 1. The van der Waals surface area contributed by atoms with Gasteiger partial charge in [0.2, 0.25) is 0 Å². The number of aliphatic hydroxyl groups is 1. The molecule has 0 aromatic rings. The summed E-state index contributed by atoms with van der Waals surface area (Å²) in [5.41, 5.74) is 0. The van der Waals surface area contributed by atoms with E-state index in [2.05, 4.69) is 0 Å². The molecule has 0 fully saturated rings. The van der Waals surface area contributed by atoms with E-state index in [1.54, 1.807) is 0 Å². The van der Waals surface area contributed by atoms with Gasteiger partial charge in [-0.1, -0.05) is 0 Å². The Hall–Kier alpha value is -0.0157. The van der Waals surface area contributed by atoms with E-state index in [0.717, 1.165) is 6.92 Å². The molecule has 8 heteroatoms. The molecule has 0 spiro atoms. The molecule has 0 aromatic carbocycles. The van der Waals surface area contributed by atoms with Gasteiger partial charge in [0.1, 0.15) is 0 Å². The molecule has 72 valence electrons. The number of hydrogen-bond acceptors (Lipinski definition) is 7. The fourth-order valence-electron chi connectivity index (χ4n) is 0. The van der Waals surface area contributed by atoms with Crippen LogP contribution < -0.4 is 5.11 Å². The fraction of sp³-hybridized carbons (Fsp3) is 0.667. The van der Waals surface area contributed by atoms with Gasteiger partial charge in [0.05, 0.1) is 12.1 Å². The molecular weight excluding hydrogens is 196 g/mol. The third-order valence-corrected chi connectivity index (χ3v) is 0.341. The first kappa shape index (κ1) is 44.1. The van der Waals surface area contributed by atoms with Crippen LogP contribution in [0.2, 0.25) is 0 Å². The van der Waals surface area contributed by atoms with Gasteiger partial charge in [-0.25, -0.2) is 0 Å². The van der Waals surface area contributed by atoms with E-state index in [4.69, 9.17) is 5.11 Å². The summed E-state index contributed by atoms with van der Waals surface area (Å²) >= 11 is 0. The van der Waals surface area contributed by atoms with Gasteiger partial charge in [0.25, 0.3) is 0 Å². The average Bonchev–Trinajstić information content (AvgIpc) is 1.36. The number of hydrogen-bond donors (Lipinski definition) is 1. The van der Waals surface area contributed by atoms with Gasteiger partial charge < -0.3 is 36.9 Å². The SMILES string of the molecule is CC(O)C(=O)[O-].[OH-].[OH-].[OH-].[OH-].[Ti]. The van der Waals surface area contributed by atoms with Crippen LogP contribution in [-0.4, -0.2) is 39.1 Å². The zero-order valence-electron chi connectivity index (χ0n) is 5.63. The van der Waals surface area contributed by atoms with Crippen molar-refractivity contribution in [3.8, 4) is 0 Å². The first-order valence-electron chi connectivity index (χ1n) is 1.53. The van der Waals surface area contributed by atoms with E-state index >= 15 is 0 Å². The van der Waals surface area contributed by atoms with Crippen LogP contribution >= 0.6 is 0 Å². The zero-order chi connectivity index (χ0) is 5.15. The van der Waals surface area contributed by atoms with Gasteiger partial charge in [0, 0.05) is 21.7 Å². The van der Waals surface area contributed by atoms with Gasteiger partial charge in [-0.05, 0) is 6.92 Å². The molecule has 0 aliphatic rings. The Morgan fingerprint density at radius 1 is 1.27 bits per heavy atom. The first-order valence-corrected chi connectivity index (χ1v) is 1.53. The Kier molecular flexibility index (Phi) is 90.2. The molecule has 1 unspecified atom stereocenters. The van der Waals surface area contributed by atoms with Gasteiger partial charge in [-0.15, -0.1) is 0 Å². The van der Waals surface area contributed by atoms with E-state index in [9.17, 15) is 9.90 Å². The Labute approximate surface area is 78.1 Å². The summed E-state index contributed by atoms with van der Waals surface area (Å²) in [6.45, 7) is 1.13. The van der Waals surface area contributed by atoms with Crippen molar-refractivity contribution in [2.75, 3.05) is 0 Å². The van der Waals surface area contributed by atoms with E-state index in [0.29, 0.717) is 0 Å². The molecule has 7 nitrogen and oxygen atoms in total. The Morgan fingerprint density at radius 3 is 1.36 bits per heavy atom. The monoisotopic (exact) mass is 205 g/mol. The van der Waals surface area contributed by atoms with Crippen molar-refractivity contribution in [3.05, 3.63) is 0 Å². The molecule has 5 N–H and O–H groups in total. The van der Waals surface area contributed by atoms with Crippen LogP contribution in [0.25, 0.3) is 0 Å². The number of rotatable bonds is 1. The molecule has 0 heterocycles. The molecule has 11 heavy (non-hydrogen) atoms. The predicted molar refractivity (Wildman–Crippen MR) is 24.4 cm³/mol. The molecule has 0 aromatic heterocycles. The number of aliphatic carboxylic acids is 1. The number of aliphatic hydroxyl groups excluding tert-OH is 1. The average molecular weight is 205 g/mol. The van der Waals surface area contributed by atoms with Crippen molar-refractivity contribution in [1.29, 1.82) is 0 Å². The maximum absolute atomic E-state index is 9.34. The minimum atomic E-state index is -1.44. The molecule has 0 rings (SSSR count). The van der Waals surface area contributed by atoms with Gasteiger partial charge in [-0.3, -0.25) is 0 Å². The van der Waals surface area contributed by atoms with Gasteiger partial charge in [0.15, 0.2) is 0 Å². The van der Waals surface area contributed by atoms with E-state index in [1.165, 1.54) is 0 Å². The number of carboxylic acid groups (broad SMARTS) is 1. The quantitative estimate of drug-likeness (QED) is 0.455. The van der Waals surface area contributed by atoms with Crippen molar-refractivity contribution in [1.82, 2.24) is 0 Å². The predicted octanol–water partition coefficient (Wildman–Crippen LogP) is -2.59. The second kappa shape index (κ2) is 22.5. The molecule has 0 amide bonds. The smallest absolute Gasteiger partial charge is 0.0905 e. The minimum Gasteiger partial charge on any atom is -0.870 e.